The maximum absolute atomic E-state index is 12.3. The second kappa shape index (κ2) is 10.9. The van der Waals surface area contributed by atoms with E-state index < -0.39 is 5.97 Å². The van der Waals surface area contributed by atoms with E-state index in [4.69, 9.17) is 4.74 Å². The minimum atomic E-state index is -0.684. The molecule has 5 heteroatoms. The molecular weight excluding hydrogens is 448 g/mol. The van der Waals surface area contributed by atoms with Gasteiger partial charge >= 0.3 is 5.97 Å². The number of benzene rings is 3. The number of aliphatic carboxylic acids is 1. The van der Waals surface area contributed by atoms with Crippen molar-refractivity contribution in [1.29, 1.82) is 0 Å². The largest absolute Gasteiger partial charge is 0.496 e. The quantitative estimate of drug-likeness (QED) is 0.450. The molecule has 3 aromatic carbocycles. The van der Waals surface area contributed by atoms with Crippen LogP contribution in [0.4, 0.5) is 0 Å². The third-order valence-corrected chi connectivity index (χ3v) is 8.21. The van der Waals surface area contributed by atoms with Crippen molar-refractivity contribution in [2.75, 3.05) is 20.2 Å². The summed E-state index contributed by atoms with van der Waals surface area (Å²) < 4.78 is 5.67. The van der Waals surface area contributed by atoms with Gasteiger partial charge in [0, 0.05) is 36.7 Å². The lowest BCUT2D eigenvalue weighted by Crippen LogP contribution is -2.68. The molecule has 0 aliphatic carbocycles. The van der Waals surface area contributed by atoms with Crippen LogP contribution in [0.25, 0.3) is 0 Å². The van der Waals surface area contributed by atoms with Gasteiger partial charge in [0.15, 0.2) is 0 Å². The van der Waals surface area contributed by atoms with E-state index in [-0.39, 0.29) is 29.8 Å². The van der Waals surface area contributed by atoms with Gasteiger partial charge in [-0.05, 0) is 48.1 Å². The smallest absolute Gasteiger partial charge is 0.308 e. The SMILES string of the molecule is CCc1ccc(OC)c(CN[C@H]2[C@H]3CCN(C[C@@H]3C(=O)O)[C@@H]2C(c2ccccc2)c2ccccc2)c1. The van der Waals surface area contributed by atoms with Gasteiger partial charge in [-0.25, -0.2) is 0 Å². The Morgan fingerprint density at radius 2 is 1.72 bits per heavy atom. The van der Waals surface area contributed by atoms with Crippen LogP contribution in [0.5, 0.6) is 5.75 Å². The number of methoxy groups -OCH3 is 1. The number of hydrogen-bond donors (Lipinski definition) is 2. The molecule has 0 radical (unpaired) electrons. The Morgan fingerprint density at radius 1 is 1.06 bits per heavy atom. The van der Waals surface area contributed by atoms with Crippen molar-refractivity contribution in [3.63, 3.8) is 0 Å². The number of carbonyl (C=O) groups is 1. The van der Waals surface area contributed by atoms with E-state index in [2.05, 4.69) is 89.9 Å². The minimum Gasteiger partial charge on any atom is -0.496 e. The van der Waals surface area contributed by atoms with E-state index in [1.54, 1.807) is 7.11 Å². The lowest BCUT2D eigenvalue weighted by molar-refractivity contribution is -0.152. The van der Waals surface area contributed by atoms with Crippen LogP contribution in [-0.4, -0.2) is 48.3 Å². The number of piperidine rings is 3. The number of hydrogen-bond acceptors (Lipinski definition) is 4. The molecule has 1 unspecified atom stereocenters. The molecule has 2 N–H and O–H groups in total. The van der Waals surface area contributed by atoms with E-state index in [0.717, 1.165) is 30.7 Å². The number of aryl methyl sites for hydroxylation is 1. The van der Waals surface area contributed by atoms with Crippen LogP contribution in [0.1, 0.15) is 41.5 Å². The van der Waals surface area contributed by atoms with Gasteiger partial charge < -0.3 is 15.2 Å². The fraction of sp³-hybridized carbons (Fsp3) is 0.387. The molecule has 0 saturated carbocycles. The van der Waals surface area contributed by atoms with E-state index in [9.17, 15) is 9.90 Å². The molecule has 3 saturated heterocycles. The summed E-state index contributed by atoms with van der Waals surface area (Å²) >= 11 is 0. The molecule has 3 aliphatic rings. The van der Waals surface area contributed by atoms with E-state index >= 15 is 0 Å². The summed E-state index contributed by atoms with van der Waals surface area (Å²) in [6.07, 6.45) is 1.86. The van der Waals surface area contributed by atoms with Crippen LogP contribution < -0.4 is 10.1 Å². The summed E-state index contributed by atoms with van der Waals surface area (Å²) in [6, 6.07) is 27.9. The zero-order chi connectivity index (χ0) is 25.1. The third-order valence-electron chi connectivity index (χ3n) is 8.21. The summed E-state index contributed by atoms with van der Waals surface area (Å²) in [7, 11) is 1.71. The van der Waals surface area contributed by atoms with Crippen molar-refractivity contribution in [1.82, 2.24) is 10.2 Å². The van der Waals surface area contributed by atoms with Gasteiger partial charge in [-0.2, -0.15) is 0 Å². The summed E-state index contributed by atoms with van der Waals surface area (Å²) in [6.45, 7) is 4.34. The third kappa shape index (κ3) is 4.78. The number of carboxylic acid groups (broad SMARTS) is 1. The molecule has 0 aromatic heterocycles. The number of nitrogens with zero attached hydrogens (tertiary/aromatic N) is 1. The second-order valence-electron chi connectivity index (χ2n) is 10.1. The highest BCUT2D eigenvalue weighted by atomic mass is 16.5. The highest BCUT2D eigenvalue weighted by molar-refractivity contribution is 5.71. The van der Waals surface area contributed by atoms with Crippen LogP contribution in [-0.2, 0) is 17.8 Å². The van der Waals surface area contributed by atoms with Crippen molar-refractivity contribution in [3.8, 4) is 5.75 Å². The van der Waals surface area contributed by atoms with Crippen molar-refractivity contribution in [2.24, 2.45) is 11.8 Å². The maximum Gasteiger partial charge on any atom is 0.308 e. The normalized spacial score (nSPS) is 25.1. The van der Waals surface area contributed by atoms with Crippen LogP contribution in [0, 0.1) is 11.8 Å². The van der Waals surface area contributed by atoms with Crippen LogP contribution in [0.15, 0.2) is 78.9 Å². The van der Waals surface area contributed by atoms with Crippen LogP contribution >= 0.6 is 0 Å². The Kier molecular flexibility index (Phi) is 7.40. The number of rotatable bonds is 9. The van der Waals surface area contributed by atoms with Gasteiger partial charge in [-0.15, -0.1) is 0 Å². The fourth-order valence-electron chi connectivity index (χ4n) is 6.45. The first-order valence-electron chi connectivity index (χ1n) is 13.1. The summed E-state index contributed by atoms with van der Waals surface area (Å²) in [4.78, 5) is 14.7. The first kappa shape index (κ1) is 24.5. The average molecular weight is 485 g/mol. The number of fused-ring (bicyclic) bond motifs is 3. The second-order valence-corrected chi connectivity index (χ2v) is 10.1. The molecule has 2 bridgehead atoms. The molecule has 5 nitrogen and oxygen atoms in total. The molecule has 0 amide bonds. The highest BCUT2D eigenvalue weighted by Crippen LogP contribution is 2.44. The van der Waals surface area contributed by atoms with Crippen molar-refractivity contribution < 1.29 is 14.6 Å². The van der Waals surface area contributed by atoms with Crippen LogP contribution in [0.3, 0.4) is 0 Å². The van der Waals surface area contributed by atoms with Gasteiger partial charge in [0.05, 0.1) is 13.0 Å². The fourth-order valence-corrected chi connectivity index (χ4v) is 6.45. The molecule has 188 valence electrons. The van der Waals surface area contributed by atoms with Crippen molar-refractivity contribution in [2.45, 2.75) is 44.3 Å². The first-order chi connectivity index (χ1) is 17.6. The lowest BCUT2D eigenvalue weighted by Gasteiger charge is -2.56. The van der Waals surface area contributed by atoms with Crippen molar-refractivity contribution in [3.05, 3.63) is 101 Å². The van der Waals surface area contributed by atoms with Gasteiger partial charge in [-0.1, -0.05) is 79.7 Å². The van der Waals surface area contributed by atoms with Gasteiger partial charge in [0.2, 0.25) is 0 Å². The maximum atomic E-state index is 12.3. The molecule has 3 fully saturated rings. The Balaban J connectivity index is 1.54. The standard InChI is InChI=1S/C31H36N2O3/c1-3-21-14-15-27(36-2)24(18-21)19-32-29-25-16-17-33(20-26(25)31(34)35)30(29)28(22-10-6-4-7-11-22)23-12-8-5-9-13-23/h4-15,18,25-26,28-30,32H,3,16-17,19-20H2,1-2H3,(H,34,35)/t25-,26-,29-,30+/m0/s1. The highest BCUT2D eigenvalue weighted by Gasteiger charge is 2.52. The molecule has 3 aliphatic heterocycles. The van der Waals surface area contributed by atoms with Crippen molar-refractivity contribution >= 4 is 5.97 Å². The lowest BCUT2D eigenvalue weighted by atomic mass is 9.66. The zero-order valence-corrected chi connectivity index (χ0v) is 21.1. The minimum absolute atomic E-state index is 0.0361. The average Bonchev–Trinajstić information content (AvgIpc) is 2.93. The Labute approximate surface area is 214 Å². The topological polar surface area (TPSA) is 61.8 Å². The molecule has 0 spiro atoms. The number of carboxylic acids is 1. The predicted octanol–water partition coefficient (Wildman–Crippen LogP) is 4.95. The van der Waals surface area contributed by atoms with Gasteiger partial charge in [-0.3, -0.25) is 9.69 Å². The van der Waals surface area contributed by atoms with Gasteiger partial charge in [0.1, 0.15) is 5.75 Å². The molecule has 36 heavy (non-hydrogen) atoms. The van der Waals surface area contributed by atoms with E-state index in [1.807, 2.05) is 6.07 Å². The Morgan fingerprint density at radius 3 is 2.31 bits per heavy atom. The summed E-state index contributed by atoms with van der Waals surface area (Å²) in [5.74, 6) is 0.0501. The monoisotopic (exact) mass is 484 g/mol. The number of ether oxygens (including phenoxy) is 1. The first-order valence-corrected chi connectivity index (χ1v) is 13.1. The molecule has 5 atom stereocenters. The molecule has 3 heterocycles. The Bertz CT molecular complexity index is 1130. The number of nitrogens with one attached hydrogen (secondary N) is 1. The predicted molar refractivity (Wildman–Crippen MR) is 142 cm³/mol. The zero-order valence-electron chi connectivity index (χ0n) is 21.1. The summed E-state index contributed by atoms with van der Waals surface area (Å²) in [5, 5.41) is 14.0. The van der Waals surface area contributed by atoms with Crippen LogP contribution in [0.2, 0.25) is 0 Å². The Hall–Kier alpha value is -3.15. The molecule has 6 rings (SSSR count). The van der Waals surface area contributed by atoms with E-state index in [1.165, 1.54) is 16.7 Å². The molecular formula is C31H36N2O3. The molecule has 3 aromatic rings. The summed E-state index contributed by atoms with van der Waals surface area (Å²) in [5.41, 5.74) is 4.93. The van der Waals surface area contributed by atoms with E-state index in [0.29, 0.717) is 13.1 Å². The van der Waals surface area contributed by atoms with Gasteiger partial charge in [0.25, 0.3) is 0 Å².